The fraction of sp³-hybridized carbons (Fsp3) is 0.400. The Morgan fingerprint density at radius 2 is 2.17 bits per heavy atom. The summed E-state index contributed by atoms with van der Waals surface area (Å²) in [5.41, 5.74) is 3.55. The van der Waals surface area contributed by atoms with Crippen LogP contribution in [-0.4, -0.2) is 14.4 Å². The number of fused-ring (bicyclic) bond motifs is 1. The lowest BCUT2D eigenvalue weighted by Crippen LogP contribution is -2.25. The molecule has 1 aliphatic rings. The van der Waals surface area contributed by atoms with Crippen LogP contribution in [0.25, 0.3) is 0 Å². The van der Waals surface area contributed by atoms with Crippen LogP contribution in [0.4, 0.5) is 5.69 Å². The molecule has 1 N–H and O–H groups in total. The fourth-order valence-electron chi connectivity index (χ4n) is 1.88. The predicted molar refractivity (Wildman–Crippen MR) is 53.3 cm³/mol. The van der Waals surface area contributed by atoms with Crippen molar-refractivity contribution < 1.29 is 0 Å². The molecule has 2 radical (unpaired) electrons. The van der Waals surface area contributed by atoms with E-state index >= 15 is 0 Å². The molecule has 0 saturated heterocycles. The quantitative estimate of drug-likeness (QED) is 0.557. The molecule has 0 spiro atoms. The molecule has 0 saturated carbocycles. The Morgan fingerprint density at radius 3 is 2.83 bits per heavy atom. The summed E-state index contributed by atoms with van der Waals surface area (Å²) < 4.78 is 0. The van der Waals surface area contributed by atoms with Crippen molar-refractivity contribution in [3.05, 3.63) is 23.8 Å². The Hall–Kier alpha value is -0.915. The molecular formula is C10H12BN. The predicted octanol–water partition coefficient (Wildman–Crippen LogP) is 1.18. The highest BCUT2D eigenvalue weighted by molar-refractivity contribution is 6.34. The van der Waals surface area contributed by atoms with E-state index in [1.54, 1.807) is 0 Å². The van der Waals surface area contributed by atoms with Crippen LogP contribution in [0, 0.1) is 0 Å². The van der Waals surface area contributed by atoms with E-state index in [0.717, 1.165) is 12.0 Å². The lowest BCUT2D eigenvalue weighted by molar-refractivity contribution is 0.589. The molecule has 1 aromatic rings. The average Bonchev–Trinajstić information content (AvgIpc) is 2.29. The third-order valence-corrected chi connectivity index (χ3v) is 2.49. The van der Waals surface area contributed by atoms with Gasteiger partial charge in [0.05, 0.1) is 0 Å². The van der Waals surface area contributed by atoms with Gasteiger partial charge in [-0.15, -0.1) is 0 Å². The smallest absolute Gasteiger partial charge is 0.114 e. The van der Waals surface area contributed by atoms with Crippen molar-refractivity contribution in [1.29, 1.82) is 0 Å². The van der Waals surface area contributed by atoms with Crippen molar-refractivity contribution in [2.75, 3.05) is 11.9 Å². The summed E-state index contributed by atoms with van der Waals surface area (Å²) in [6, 6.07) is 6.04. The number of benzene rings is 1. The number of hydrogen-bond acceptors (Lipinski definition) is 1. The standard InChI is InChI=1S/C10H12BN/c1-10(2)6-12-8-5-3-4-7(11)9(8)10/h3-5,12H,6H2,1-2H3. The van der Waals surface area contributed by atoms with Gasteiger partial charge in [-0.1, -0.05) is 31.4 Å². The first kappa shape index (κ1) is 7.72. The van der Waals surface area contributed by atoms with Gasteiger partial charge in [-0.05, 0) is 11.6 Å². The maximum atomic E-state index is 5.91. The molecule has 1 aromatic carbocycles. The summed E-state index contributed by atoms with van der Waals surface area (Å²) >= 11 is 0. The highest BCUT2D eigenvalue weighted by Gasteiger charge is 2.30. The van der Waals surface area contributed by atoms with Crippen molar-refractivity contribution in [1.82, 2.24) is 0 Å². The van der Waals surface area contributed by atoms with Crippen LogP contribution in [0.15, 0.2) is 18.2 Å². The third-order valence-electron chi connectivity index (χ3n) is 2.49. The van der Waals surface area contributed by atoms with Gasteiger partial charge in [0, 0.05) is 17.6 Å². The van der Waals surface area contributed by atoms with Gasteiger partial charge in [0.15, 0.2) is 0 Å². The van der Waals surface area contributed by atoms with Gasteiger partial charge in [-0.2, -0.15) is 0 Å². The van der Waals surface area contributed by atoms with Crippen molar-refractivity contribution in [3.8, 4) is 0 Å². The Balaban J connectivity index is 2.64. The fourth-order valence-corrected chi connectivity index (χ4v) is 1.88. The zero-order valence-corrected chi connectivity index (χ0v) is 7.52. The van der Waals surface area contributed by atoms with E-state index in [1.165, 1.54) is 11.3 Å². The summed E-state index contributed by atoms with van der Waals surface area (Å²) in [4.78, 5) is 0. The van der Waals surface area contributed by atoms with Crippen LogP contribution in [-0.2, 0) is 5.41 Å². The normalized spacial score (nSPS) is 18.5. The van der Waals surface area contributed by atoms with Crippen molar-refractivity contribution in [2.24, 2.45) is 0 Å². The zero-order valence-electron chi connectivity index (χ0n) is 7.52. The van der Waals surface area contributed by atoms with Crippen LogP contribution in [0.3, 0.4) is 0 Å². The number of rotatable bonds is 0. The summed E-state index contributed by atoms with van der Waals surface area (Å²) in [5, 5.41) is 3.35. The Labute approximate surface area is 74.6 Å². The van der Waals surface area contributed by atoms with E-state index in [0.29, 0.717) is 0 Å². The highest BCUT2D eigenvalue weighted by Crippen LogP contribution is 2.33. The second-order valence-corrected chi connectivity index (χ2v) is 4.01. The van der Waals surface area contributed by atoms with Gasteiger partial charge in [-0.3, -0.25) is 0 Å². The van der Waals surface area contributed by atoms with E-state index in [9.17, 15) is 0 Å². The molecule has 60 valence electrons. The van der Waals surface area contributed by atoms with Crippen molar-refractivity contribution >= 4 is 19.0 Å². The van der Waals surface area contributed by atoms with E-state index < -0.39 is 0 Å². The number of hydrogen-bond donors (Lipinski definition) is 1. The average molecular weight is 157 g/mol. The molecule has 1 heterocycles. The number of nitrogens with one attached hydrogen (secondary N) is 1. The molecule has 1 aliphatic heterocycles. The molecule has 0 unspecified atom stereocenters. The molecule has 0 aliphatic carbocycles. The minimum atomic E-state index is 0.181. The maximum absolute atomic E-state index is 5.91. The molecule has 0 aromatic heterocycles. The molecule has 0 bridgehead atoms. The minimum absolute atomic E-state index is 0.181. The van der Waals surface area contributed by atoms with Crippen LogP contribution in [0.1, 0.15) is 19.4 Å². The summed E-state index contributed by atoms with van der Waals surface area (Å²) in [5.74, 6) is 0. The largest absolute Gasteiger partial charge is 0.384 e. The van der Waals surface area contributed by atoms with Gasteiger partial charge in [-0.25, -0.2) is 0 Å². The summed E-state index contributed by atoms with van der Waals surface area (Å²) in [6.07, 6.45) is 0. The monoisotopic (exact) mass is 157 g/mol. The zero-order chi connectivity index (χ0) is 8.77. The highest BCUT2D eigenvalue weighted by atomic mass is 14.9. The van der Waals surface area contributed by atoms with Gasteiger partial charge in [0.2, 0.25) is 0 Å². The summed E-state index contributed by atoms with van der Waals surface area (Å²) in [7, 11) is 5.91. The van der Waals surface area contributed by atoms with E-state index in [4.69, 9.17) is 7.85 Å². The van der Waals surface area contributed by atoms with Crippen LogP contribution in [0.5, 0.6) is 0 Å². The molecule has 2 heteroatoms. The van der Waals surface area contributed by atoms with E-state index in [1.807, 2.05) is 12.1 Å². The Morgan fingerprint density at radius 1 is 1.42 bits per heavy atom. The first-order valence-electron chi connectivity index (χ1n) is 4.24. The maximum Gasteiger partial charge on any atom is 0.114 e. The Kier molecular flexibility index (Phi) is 1.47. The lowest BCUT2D eigenvalue weighted by atomic mass is 9.78. The van der Waals surface area contributed by atoms with Gasteiger partial charge >= 0.3 is 0 Å². The number of anilines is 1. The molecule has 0 amide bonds. The molecule has 12 heavy (non-hydrogen) atoms. The summed E-state index contributed by atoms with van der Waals surface area (Å²) in [6.45, 7) is 5.40. The van der Waals surface area contributed by atoms with Crippen LogP contribution in [0.2, 0.25) is 0 Å². The third kappa shape index (κ3) is 0.944. The molecule has 0 fully saturated rings. The minimum Gasteiger partial charge on any atom is -0.384 e. The lowest BCUT2D eigenvalue weighted by Gasteiger charge is -2.19. The van der Waals surface area contributed by atoms with Gasteiger partial charge in [0.25, 0.3) is 0 Å². The second-order valence-electron chi connectivity index (χ2n) is 4.01. The van der Waals surface area contributed by atoms with Gasteiger partial charge in [0.1, 0.15) is 7.85 Å². The van der Waals surface area contributed by atoms with Crippen molar-refractivity contribution in [2.45, 2.75) is 19.3 Å². The van der Waals surface area contributed by atoms with Crippen LogP contribution >= 0.6 is 0 Å². The molecule has 0 atom stereocenters. The SMILES string of the molecule is [B]c1cccc2c1C(C)(C)CN2. The second kappa shape index (κ2) is 2.29. The van der Waals surface area contributed by atoms with Crippen molar-refractivity contribution in [3.63, 3.8) is 0 Å². The molecular weight excluding hydrogens is 145 g/mol. The van der Waals surface area contributed by atoms with E-state index in [2.05, 4.69) is 25.2 Å². The topological polar surface area (TPSA) is 12.0 Å². The molecule has 2 rings (SSSR count). The Bertz CT molecular complexity index is 318. The molecule has 1 nitrogen and oxygen atoms in total. The van der Waals surface area contributed by atoms with Gasteiger partial charge < -0.3 is 5.32 Å². The van der Waals surface area contributed by atoms with E-state index in [-0.39, 0.29) is 5.41 Å². The van der Waals surface area contributed by atoms with Crippen LogP contribution < -0.4 is 10.8 Å². The first-order chi connectivity index (χ1) is 5.61. The first-order valence-corrected chi connectivity index (χ1v) is 4.24.